The quantitative estimate of drug-likeness (QED) is 0.804. The normalized spacial score (nSPS) is 11.9. The topological polar surface area (TPSA) is 54.6 Å². The number of rotatable bonds is 3. The molecule has 0 saturated carbocycles. The van der Waals surface area contributed by atoms with E-state index in [1.54, 1.807) is 6.92 Å². The highest BCUT2D eigenvalue weighted by molar-refractivity contribution is 5.85. The minimum atomic E-state index is -0.814. The van der Waals surface area contributed by atoms with Crippen molar-refractivity contribution in [3.05, 3.63) is 60.4 Å². The number of pyridine rings is 1. The molecule has 0 aliphatic carbocycles. The van der Waals surface area contributed by atoms with Gasteiger partial charge in [0.2, 0.25) is 0 Å². The number of carboxylic acids is 1. The van der Waals surface area contributed by atoms with E-state index in [0.717, 1.165) is 22.5 Å². The summed E-state index contributed by atoms with van der Waals surface area (Å²) in [5.41, 5.74) is 3.55. The Morgan fingerprint density at radius 1 is 1.19 bits per heavy atom. The number of nitrogens with zero attached hydrogens (tertiary/aromatic N) is 2. The van der Waals surface area contributed by atoms with Crippen molar-refractivity contribution in [2.45, 2.75) is 12.8 Å². The molecule has 0 aliphatic heterocycles. The first-order chi connectivity index (χ1) is 9.65. The summed E-state index contributed by atoms with van der Waals surface area (Å²) in [6.45, 7) is 1.68. The lowest BCUT2D eigenvalue weighted by atomic mass is 9.99. The van der Waals surface area contributed by atoms with Gasteiger partial charge in [-0.15, -0.1) is 12.4 Å². The zero-order valence-electron chi connectivity index (χ0n) is 11.4. The van der Waals surface area contributed by atoms with Crippen LogP contribution in [-0.2, 0) is 4.79 Å². The van der Waals surface area contributed by atoms with E-state index in [0.29, 0.717) is 0 Å². The number of benzene rings is 1. The van der Waals surface area contributed by atoms with Gasteiger partial charge in [0.1, 0.15) is 5.65 Å². The molecule has 2 aromatic heterocycles. The van der Waals surface area contributed by atoms with Crippen molar-refractivity contribution < 1.29 is 9.90 Å². The number of carbonyl (C=O) groups is 1. The summed E-state index contributed by atoms with van der Waals surface area (Å²) >= 11 is 0. The minimum Gasteiger partial charge on any atom is -0.481 e. The van der Waals surface area contributed by atoms with Gasteiger partial charge >= 0.3 is 5.97 Å². The SMILES string of the molecule is CC(C(=O)O)c1ccc(-c2cn3ccccc3n2)cc1.Cl. The lowest BCUT2D eigenvalue weighted by Gasteiger charge is -2.06. The third-order valence-corrected chi connectivity index (χ3v) is 3.44. The van der Waals surface area contributed by atoms with Crippen LogP contribution in [0.1, 0.15) is 18.4 Å². The molecule has 5 heteroatoms. The fraction of sp³-hybridized carbons (Fsp3) is 0.125. The van der Waals surface area contributed by atoms with Crippen LogP contribution in [0.2, 0.25) is 0 Å². The molecule has 0 saturated heterocycles. The van der Waals surface area contributed by atoms with Crippen molar-refractivity contribution in [3.63, 3.8) is 0 Å². The molecule has 0 fully saturated rings. The van der Waals surface area contributed by atoms with E-state index >= 15 is 0 Å². The second-order valence-electron chi connectivity index (χ2n) is 4.77. The maximum Gasteiger partial charge on any atom is 0.310 e. The van der Waals surface area contributed by atoms with Crippen LogP contribution >= 0.6 is 12.4 Å². The van der Waals surface area contributed by atoms with E-state index in [1.165, 1.54) is 0 Å². The summed E-state index contributed by atoms with van der Waals surface area (Å²) < 4.78 is 1.96. The van der Waals surface area contributed by atoms with Crippen molar-refractivity contribution in [3.8, 4) is 11.3 Å². The maximum atomic E-state index is 11.0. The molecule has 1 atom stereocenters. The first-order valence-electron chi connectivity index (χ1n) is 6.42. The summed E-state index contributed by atoms with van der Waals surface area (Å²) in [4.78, 5) is 15.5. The molecule has 4 nitrogen and oxygen atoms in total. The highest BCUT2D eigenvalue weighted by atomic mass is 35.5. The largest absolute Gasteiger partial charge is 0.481 e. The fourth-order valence-corrected chi connectivity index (χ4v) is 2.16. The van der Waals surface area contributed by atoms with E-state index in [4.69, 9.17) is 5.11 Å². The number of hydrogen-bond donors (Lipinski definition) is 1. The molecular formula is C16H15ClN2O2. The number of imidazole rings is 1. The van der Waals surface area contributed by atoms with Gasteiger partial charge in [0, 0.05) is 18.0 Å². The number of halogens is 1. The minimum absolute atomic E-state index is 0. The molecule has 0 bridgehead atoms. The molecule has 0 amide bonds. The second kappa shape index (κ2) is 5.97. The average molecular weight is 303 g/mol. The first-order valence-corrected chi connectivity index (χ1v) is 6.42. The Hall–Kier alpha value is -2.33. The average Bonchev–Trinajstić information content (AvgIpc) is 2.90. The maximum absolute atomic E-state index is 11.0. The molecule has 21 heavy (non-hydrogen) atoms. The molecule has 1 aromatic carbocycles. The number of hydrogen-bond acceptors (Lipinski definition) is 2. The molecule has 2 heterocycles. The predicted octanol–water partition coefficient (Wildman–Crippen LogP) is 3.61. The Kier molecular flexibility index (Phi) is 4.29. The van der Waals surface area contributed by atoms with Crippen molar-refractivity contribution in [2.75, 3.05) is 0 Å². The van der Waals surface area contributed by atoms with E-state index < -0.39 is 11.9 Å². The van der Waals surface area contributed by atoms with Gasteiger partial charge in [0.15, 0.2) is 0 Å². The molecule has 3 aromatic rings. The van der Waals surface area contributed by atoms with Gasteiger partial charge in [-0.1, -0.05) is 30.3 Å². The van der Waals surface area contributed by atoms with E-state index in [9.17, 15) is 4.79 Å². The van der Waals surface area contributed by atoms with Gasteiger partial charge in [-0.05, 0) is 24.6 Å². The first kappa shape index (κ1) is 15.1. The van der Waals surface area contributed by atoms with E-state index in [1.807, 2.05) is 59.3 Å². The van der Waals surface area contributed by atoms with Gasteiger partial charge in [-0.3, -0.25) is 4.79 Å². The van der Waals surface area contributed by atoms with Crippen LogP contribution in [0.15, 0.2) is 54.9 Å². The summed E-state index contributed by atoms with van der Waals surface area (Å²) in [7, 11) is 0. The highest BCUT2D eigenvalue weighted by Crippen LogP contribution is 2.22. The number of carboxylic acid groups (broad SMARTS) is 1. The van der Waals surface area contributed by atoms with Crippen molar-refractivity contribution in [1.29, 1.82) is 0 Å². The monoisotopic (exact) mass is 302 g/mol. The Balaban J connectivity index is 0.00000161. The number of fused-ring (bicyclic) bond motifs is 1. The standard InChI is InChI=1S/C16H14N2O2.ClH/c1-11(16(19)20)12-5-7-13(8-6-12)14-10-18-9-3-2-4-15(18)17-14;/h2-11H,1H3,(H,19,20);1H. The van der Waals surface area contributed by atoms with Gasteiger partial charge in [0.25, 0.3) is 0 Å². The zero-order valence-corrected chi connectivity index (χ0v) is 12.2. The van der Waals surface area contributed by atoms with Gasteiger partial charge in [-0.25, -0.2) is 4.98 Å². The van der Waals surface area contributed by atoms with Crippen LogP contribution in [0.5, 0.6) is 0 Å². The Morgan fingerprint density at radius 2 is 1.90 bits per heavy atom. The summed E-state index contributed by atoms with van der Waals surface area (Å²) in [5, 5.41) is 9.00. The fourth-order valence-electron chi connectivity index (χ4n) is 2.16. The van der Waals surface area contributed by atoms with Crippen LogP contribution < -0.4 is 0 Å². The molecule has 108 valence electrons. The number of aliphatic carboxylic acids is 1. The zero-order chi connectivity index (χ0) is 14.1. The predicted molar refractivity (Wildman–Crippen MR) is 83.9 cm³/mol. The van der Waals surface area contributed by atoms with E-state index in [-0.39, 0.29) is 12.4 Å². The highest BCUT2D eigenvalue weighted by Gasteiger charge is 2.13. The van der Waals surface area contributed by atoms with Crippen molar-refractivity contribution in [2.24, 2.45) is 0 Å². The van der Waals surface area contributed by atoms with Gasteiger partial charge in [0.05, 0.1) is 11.6 Å². The Labute approximate surface area is 128 Å². The van der Waals surface area contributed by atoms with E-state index in [2.05, 4.69) is 4.98 Å². The van der Waals surface area contributed by atoms with Crippen LogP contribution in [0, 0.1) is 0 Å². The third-order valence-electron chi connectivity index (χ3n) is 3.44. The molecular weight excluding hydrogens is 288 g/mol. The second-order valence-corrected chi connectivity index (χ2v) is 4.77. The van der Waals surface area contributed by atoms with Gasteiger partial charge < -0.3 is 9.51 Å². The summed E-state index contributed by atoms with van der Waals surface area (Å²) in [6, 6.07) is 13.4. The Bertz CT molecular complexity index is 732. The van der Waals surface area contributed by atoms with Crippen LogP contribution in [0.3, 0.4) is 0 Å². The van der Waals surface area contributed by atoms with Crippen molar-refractivity contribution >= 4 is 24.0 Å². The number of aromatic nitrogens is 2. The third kappa shape index (κ3) is 2.90. The molecule has 3 rings (SSSR count). The summed E-state index contributed by atoms with van der Waals surface area (Å²) in [6.07, 6.45) is 3.91. The smallest absolute Gasteiger partial charge is 0.310 e. The molecule has 1 unspecified atom stereocenters. The lowest BCUT2D eigenvalue weighted by Crippen LogP contribution is -2.06. The van der Waals surface area contributed by atoms with Gasteiger partial charge in [-0.2, -0.15) is 0 Å². The van der Waals surface area contributed by atoms with Crippen LogP contribution in [-0.4, -0.2) is 20.5 Å². The van der Waals surface area contributed by atoms with Crippen LogP contribution in [0.4, 0.5) is 0 Å². The Morgan fingerprint density at radius 3 is 2.52 bits per heavy atom. The molecule has 0 spiro atoms. The molecule has 0 radical (unpaired) electrons. The molecule has 0 aliphatic rings. The molecule has 1 N–H and O–H groups in total. The lowest BCUT2D eigenvalue weighted by molar-refractivity contribution is -0.138. The van der Waals surface area contributed by atoms with Crippen LogP contribution in [0.25, 0.3) is 16.9 Å². The summed E-state index contributed by atoms with van der Waals surface area (Å²) in [5.74, 6) is -1.31. The van der Waals surface area contributed by atoms with Crippen molar-refractivity contribution in [1.82, 2.24) is 9.38 Å².